The van der Waals surface area contributed by atoms with E-state index in [2.05, 4.69) is 10.3 Å². The molecule has 3 rings (SSSR count). The molecule has 28 heavy (non-hydrogen) atoms. The summed E-state index contributed by atoms with van der Waals surface area (Å²) in [6.07, 6.45) is 0. The van der Waals surface area contributed by atoms with Crippen molar-refractivity contribution in [3.63, 3.8) is 0 Å². The molecular weight excluding hydrogens is 400 g/mol. The summed E-state index contributed by atoms with van der Waals surface area (Å²) >= 11 is 7.24. The number of carbonyl (C=O) groups excluding carboxylic acids is 3. The molecule has 0 atom stereocenters. The van der Waals surface area contributed by atoms with E-state index in [1.807, 2.05) is 6.07 Å². The second-order valence-electron chi connectivity index (χ2n) is 5.77. The molecule has 0 bridgehead atoms. The van der Waals surface area contributed by atoms with Crippen molar-refractivity contribution in [2.24, 2.45) is 0 Å². The fraction of sp³-hybridized carbons (Fsp3) is 0.100. The van der Waals surface area contributed by atoms with Gasteiger partial charge in [-0.3, -0.25) is 9.59 Å². The lowest BCUT2D eigenvalue weighted by Crippen LogP contribution is -2.22. The van der Waals surface area contributed by atoms with E-state index in [4.69, 9.17) is 16.3 Å². The van der Waals surface area contributed by atoms with Gasteiger partial charge in [0.2, 0.25) is 0 Å². The molecule has 0 spiro atoms. The average Bonchev–Trinajstić information content (AvgIpc) is 3.17. The first-order valence-electron chi connectivity index (χ1n) is 8.22. The SMILES string of the molecule is CC(=O)c1ccccc1NC(=O)COC(=O)c1csc(-c2cccc(Cl)c2)n1. The Labute approximate surface area is 170 Å². The minimum Gasteiger partial charge on any atom is -0.451 e. The minimum absolute atomic E-state index is 0.108. The van der Waals surface area contributed by atoms with E-state index in [-0.39, 0.29) is 11.5 Å². The highest BCUT2D eigenvalue weighted by Gasteiger charge is 2.16. The lowest BCUT2D eigenvalue weighted by Gasteiger charge is -2.09. The van der Waals surface area contributed by atoms with Gasteiger partial charge in [-0.2, -0.15) is 0 Å². The highest BCUT2D eigenvalue weighted by molar-refractivity contribution is 7.13. The third-order valence-corrected chi connectivity index (χ3v) is 4.83. The number of nitrogens with zero attached hydrogens (tertiary/aromatic N) is 1. The molecular formula is C20H15ClN2O4S. The van der Waals surface area contributed by atoms with Crippen LogP contribution in [0.2, 0.25) is 5.02 Å². The largest absolute Gasteiger partial charge is 0.451 e. The summed E-state index contributed by atoms with van der Waals surface area (Å²) in [5.74, 6) is -1.43. The fourth-order valence-corrected chi connectivity index (χ4v) is 3.39. The molecule has 3 aromatic rings. The second-order valence-corrected chi connectivity index (χ2v) is 7.07. The molecule has 1 aromatic heterocycles. The van der Waals surface area contributed by atoms with Crippen molar-refractivity contribution in [1.82, 2.24) is 4.98 Å². The Morgan fingerprint density at radius 1 is 1.14 bits per heavy atom. The molecule has 0 saturated carbocycles. The number of esters is 1. The summed E-state index contributed by atoms with van der Waals surface area (Å²) in [5.41, 5.74) is 1.65. The summed E-state index contributed by atoms with van der Waals surface area (Å²) in [7, 11) is 0. The van der Waals surface area contributed by atoms with E-state index in [9.17, 15) is 14.4 Å². The summed E-state index contributed by atoms with van der Waals surface area (Å²) < 4.78 is 5.02. The zero-order valence-electron chi connectivity index (χ0n) is 14.8. The highest BCUT2D eigenvalue weighted by atomic mass is 35.5. The maximum atomic E-state index is 12.2. The summed E-state index contributed by atoms with van der Waals surface area (Å²) in [5, 5.41) is 5.31. The number of halogens is 1. The van der Waals surface area contributed by atoms with E-state index in [1.54, 1.807) is 47.8 Å². The molecule has 8 heteroatoms. The second kappa shape index (κ2) is 8.77. The number of thiazole rings is 1. The van der Waals surface area contributed by atoms with Crippen LogP contribution in [-0.4, -0.2) is 29.3 Å². The van der Waals surface area contributed by atoms with Crippen LogP contribution in [0.25, 0.3) is 10.6 Å². The van der Waals surface area contributed by atoms with Gasteiger partial charge in [-0.1, -0.05) is 35.9 Å². The predicted molar refractivity (Wildman–Crippen MR) is 108 cm³/mol. The monoisotopic (exact) mass is 414 g/mol. The number of hydrogen-bond acceptors (Lipinski definition) is 6. The zero-order valence-corrected chi connectivity index (χ0v) is 16.3. The van der Waals surface area contributed by atoms with Crippen molar-refractivity contribution >= 4 is 46.3 Å². The van der Waals surface area contributed by atoms with Crippen LogP contribution in [0, 0.1) is 0 Å². The number of carbonyl (C=O) groups is 3. The molecule has 0 radical (unpaired) electrons. The Morgan fingerprint density at radius 3 is 2.68 bits per heavy atom. The average molecular weight is 415 g/mol. The maximum Gasteiger partial charge on any atom is 0.358 e. The van der Waals surface area contributed by atoms with Gasteiger partial charge in [0, 0.05) is 21.5 Å². The van der Waals surface area contributed by atoms with Gasteiger partial charge in [-0.15, -0.1) is 11.3 Å². The lowest BCUT2D eigenvalue weighted by molar-refractivity contribution is -0.119. The fourth-order valence-electron chi connectivity index (χ4n) is 2.41. The van der Waals surface area contributed by atoms with Crippen LogP contribution in [0.3, 0.4) is 0 Å². The normalized spacial score (nSPS) is 10.4. The van der Waals surface area contributed by atoms with E-state index < -0.39 is 18.5 Å². The molecule has 1 N–H and O–H groups in total. The van der Waals surface area contributed by atoms with Crippen molar-refractivity contribution in [2.75, 3.05) is 11.9 Å². The van der Waals surface area contributed by atoms with Crippen LogP contribution in [0.4, 0.5) is 5.69 Å². The number of nitrogens with one attached hydrogen (secondary N) is 1. The van der Waals surface area contributed by atoms with Crippen LogP contribution in [0.15, 0.2) is 53.9 Å². The molecule has 142 valence electrons. The lowest BCUT2D eigenvalue weighted by atomic mass is 10.1. The number of ketones is 1. The van der Waals surface area contributed by atoms with Crippen molar-refractivity contribution in [3.05, 3.63) is 70.2 Å². The van der Waals surface area contributed by atoms with Crippen molar-refractivity contribution in [2.45, 2.75) is 6.92 Å². The van der Waals surface area contributed by atoms with Crippen molar-refractivity contribution < 1.29 is 19.1 Å². The predicted octanol–water partition coefficient (Wildman–Crippen LogP) is 4.46. The maximum absolute atomic E-state index is 12.2. The Morgan fingerprint density at radius 2 is 1.93 bits per heavy atom. The smallest absolute Gasteiger partial charge is 0.358 e. The number of aromatic nitrogens is 1. The van der Waals surface area contributed by atoms with E-state index >= 15 is 0 Å². The number of Topliss-reactive ketones (excluding diaryl/α,β-unsaturated/α-hetero) is 1. The highest BCUT2D eigenvalue weighted by Crippen LogP contribution is 2.26. The zero-order chi connectivity index (χ0) is 20.1. The summed E-state index contributed by atoms with van der Waals surface area (Å²) in [6.45, 7) is 0.917. The number of benzene rings is 2. The Balaban J connectivity index is 1.60. The van der Waals surface area contributed by atoms with Crippen LogP contribution in [0.5, 0.6) is 0 Å². The van der Waals surface area contributed by atoms with Gasteiger partial charge in [0.15, 0.2) is 18.1 Å². The van der Waals surface area contributed by atoms with Crippen LogP contribution in [-0.2, 0) is 9.53 Å². The number of amides is 1. The van der Waals surface area contributed by atoms with Gasteiger partial charge in [0.25, 0.3) is 5.91 Å². The number of anilines is 1. The molecule has 0 aliphatic heterocycles. The van der Waals surface area contributed by atoms with Crippen LogP contribution < -0.4 is 5.32 Å². The molecule has 6 nitrogen and oxygen atoms in total. The molecule has 1 amide bonds. The molecule has 1 heterocycles. The van der Waals surface area contributed by atoms with Gasteiger partial charge in [-0.25, -0.2) is 9.78 Å². The Bertz CT molecular complexity index is 1050. The Hall–Kier alpha value is -3.03. The Kier molecular flexibility index (Phi) is 6.18. The van der Waals surface area contributed by atoms with Gasteiger partial charge in [-0.05, 0) is 31.2 Å². The topological polar surface area (TPSA) is 85.4 Å². The van der Waals surface area contributed by atoms with Crippen LogP contribution >= 0.6 is 22.9 Å². The van der Waals surface area contributed by atoms with Crippen molar-refractivity contribution in [1.29, 1.82) is 0 Å². The summed E-state index contributed by atoms with van der Waals surface area (Å²) in [4.78, 5) is 40.0. The first kappa shape index (κ1) is 19.7. The summed E-state index contributed by atoms with van der Waals surface area (Å²) in [6, 6.07) is 13.7. The standard InChI is InChI=1S/C20H15ClN2O4S/c1-12(24)15-7-2-3-8-16(15)22-18(25)10-27-20(26)17-11-28-19(23-17)13-5-4-6-14(21)9-13/h2-9,11H,10H2,1H3,(H,22,25). The third kappa shape index (κ3) is 4.82. The molecule has 2 aromatic carbocycles. The molecule has 0 fully saturated rings. The molecule has 0 unspecified atom stereocenters. The number of rotatable bonds is 6. The van der Waals surface area contributed by atoms with E-state index in [1.165, 1.54) is 18.3 Å². The van der Waals surface area contributed by atoms with E-state index in [0.29, 0.717) is 21.3 Å². The number of hydrogen-bond donors (Lipinski definition) is 1. The first-order chi connectivity index (χ1) is 13.4. The molecule has 0 aliphatic carbocycles. The minimum atomic E-state index is -0.709. The first-order valence-corrected chi connectivity index (χ1v) is 9.48. The number of para-hydroxylation sites is 1. The van der Waals surface area contributed by atoms with Gasteiger partial charge in [0.05, 0.1) is 5.69 Å². The quantitative estimate of drug-likeness (QED) is 0.475. The van der Waals surface area contributed by atoms with Crippen LogP contribution in [0.1, 0.15) is 27.8 Å². The number of ether oxygens (including phenoxy) is 1. The van der Waals surface area contributed by atoms with E-state index in [0.717, 1.165) is 5.56 Å². The van der Waals surface area contributed by atoms with Gasteiger partial charge >= 0.3 is 5.97 Å². The van der Waals surface area contributed by atoms with Gasteiger partial charge < -0.3 is 10.1 Å². The molecule has 0 saturated heterocycles. The third-order valence-electron chi connectivity index (χ3n) is 3.70. The van der Waals surface area contributed by atoms with Crippen molar-refractivity contribution in [3.8, 4) is 10.6 Å². The molecule has 0 aliphatic rings. The van der Waals surface area contributed by atoms with Gasteiger partial charge in [0.1, 0.15) is 5.01 Å².